The monoisotopic (exact) mass is 283 g/mol. The second kappa shape index (κ2) is 6.70. The summed E-state index contributed by atoms with van der Waals surface area (Å²) in [5, 5.41) is 13.9. The lowest BCUT2D eigenvalue weighted by atomic mass is 9.94. The summed E-state index contributed by atoms with van der Waals surface area (Å²) in [6, 6.07) is 3.88. The highest BCUT2D eigenvalue weighted by Crippen LogP contribution is 2.26. The molecule has 0 radical (unpaired) electrons. The Balaban J connectivity index is 2.75. The zero-order chi connectivity index (χ0) is 14.6. The van der Waals surface area contributed by atoms with E-state index in [-0.39, 0.29) is 17.9 Å². The molecule has 0 saturated carbocycles. The van der Waals surface area contributed by atoms with Crippen molar-refractivity contribution >= 4 is 23.2 Å². The van der Waals surface area contributed by atoms with Gasteiger partial charge in [-0.15, -0.1) is 11.3 Å². The molecular weight excluding hydrogens is 262 g/mol. The lowest BCUT2D eigenvalue weighted by molar-refractivity contribution is -0.146. The first-order valence-electron chi connectivity index (χ1n) is 6.41. The molecule has 1 rings (SSSR count). The molecule has 0 spiro atoms. The van der Waals surface area contributed by atoms with Crippen LogP contribution in [0.2, 0.25) is 0 Å². The fraction of sp³-hybridized carbons (Fsp3) is 0.571. The summed E-state index contributed by atoms with van der Waals surface area (Å²) in [7, 11) is 0. The van der Waals surface area contributed by atoms with E-state index >= 15 is 0 Å². The number of carboxylic acid groups (broad SMARTS) is 1. The topological polar surface area (TPSA) is 66.4 Å². The standard InChI is InChI=1S/C14H21NO3S/c1-8(2)12(11-6-5-7-19-11)15-13(16)9(3)10(4)14(17)18/h5-10,12H,1-4H3,(H,15,16)(H,17,18). The Labute approximate surface area is 117 Å². The number of aliphatic carboxylic acids is 1. The van der Waals surface area contributed by atoms with Crippen molar-refractivity contribution in [1.82, 2.24) is 5.32 Å². The van der Waals surface area contributed by atoms with E-state index < -0.39 is 17.8 Å². The van der Waals surface area contributed by atoms with Gasteiger partial charge in [0.05, 0.1) is 12.0 Å². The Morgan fingerprint density at radius 1 is 1.21 bits per heavy atom. The number of rotatable bonds is 6. The Morgan fingerprint density at radius 3 is 2.26 bits per heavy atom. The molecule has 0 saturated heterocycles. The molecule has 19 heavy (non-hydrogen) atoms. The summed E-state index contributed by atoms with van der Waals surface area (Å²) in [4.78, 5) is 24.1. The maximum absolute atomic E-state index is 12.1. The number of carbonyl (C=O) groups excluding carboxylic acids is 1. The first kappa shape index (κ1) is 15.7. The van der Waals surface area contributed by atoms with E-state index in [0.717, 1.165) is 4.88 Å². The van der Waals surface area contributed by atoms with E-state index in [1.54, 1.807) is 25.2 Å². The quantitative estimate of drug-likeness (QED) is 0.843. The lowest BCUT2D eigenvalue weighted by Crippen LogP contribution is -2.38. The second-order valence-corrected chi connectivity index (χ2v) is 6.14. The maximum Gasteiger partial charge on any atom is 0.307 e. The first-order valence-corrected chi connectivity index (χ1v) is 7.29. The highest BCUT2D eigenvalue weighted by Gasteiger charge is 2.28. The third kappa shape index (κ3) is 4.06. The molecule has 0 fully saturated rings. The van der Waals surface area contributed by atoms with Gasteiger partial charge in [-0.2, -0.15) is 0 Å². The smallest absolute Gasteiger partial charge is 0.307 e. The van der Waals surface area contributed by atoms with Gasteiger partial charge in [-0.05, 0) is 17.4 Å². The van der Waals surface area contributed by atoms with Gasteiger partial charge in [0, 0.05) is 10.8 Å². The van der Waals surface area contributed by atoms with Gasteiger partial charge in [0.15, 0.2) is 0 Å². The van der Waals surface area contributed by atoms with Crippen LogP contribution in [0.5, 0.6) is 0 Å². The molecule has 0 aliphatic heterocycles. The molecule has 4 nitrogen and oxygen atoms in total. The second-order valence-electron chi connectivity index (χ2n) is 5.16. The molecule has 3 atom stereocenters. The van der Waals surface area contributed by atoms with Crippen LogP contribution in [-0.4, -0.2) is 17.0 Å². The van der Waals surface area contributed by atoms with Crippen LogP contribution in [0, 0.1) is 17.8 Å². The van der Waals surface area contributed by atoms with Crippen LogP contribution in [0.1, 0.15) is 38.6 Å². The molecule has 1 aromatic rings. The first-order chi connectivity index (χ1) is 8.84. The fourth-order valence-electron chi connectivity index (χ4n) is 1.76. The Bertz CT molecular complexity index is 428. The van der Waals surface area contributed by atoms with E-state index in [9.17, 15) is 9.59 Å². The summed E-state index contributed by atoms with van der Waals surface area (Å²) in [6.07, 6.45) is 0. The van der Waals surface area contributed by atoms with Crippen molar-refractivity contribution in [2.45, 2.75) is 33.7 Å². The van der Waals surface area contributed by atoms with Gasteiger partial charge in [0.2, 0.25) is 5.91 Å². The van der Waals surface area contributed by atoms with Crippen molar-refractivity contribution < 1.29 is 14.7 Å². The van der Waals surface area contributed by atoms with E-state index in [1.165, 1.54) is 0 Å². The number of carboxylic acids is 1. The van der Waals surface area contributed by atoms with Gasteiger partial charge < -0.3 is 10.4 Å². The highest BCUT2D eigenvalue weighted by atomic mass is 32.1. The number of hydrogen-bond donors (Lipinski definition) is 2. The average Bonchev–Trinajstić information content (AvgIpc) is 2.86. The predicted octanol–water partition coefficient (Wildman–Crippen LogP) is 2.92. The Hall–Kier alpha value is -1.36. The van der Waals surface area contributed by atoms with E-state index in [2.05, 4.69) is 5.32 Å². The SMILES string of the molecule is CC(C)C(NC(=O)C(C)C(C)C(=O)O)c1cccs1. The van der Waals surface area contributed by atoms with Crippen molar-refractivity contribution in [2.75, 3.05) is 0 Å². The van der Waals surface area contributed by atoms with Gasteiger partial charge in [0.1, 0.15) is 0 Å². The number of amides is 1. The van der Waals surface area contributed by atoms with Crippen LogP contribution in [0.15, 0.2) is 17.5 Å². The molecule has 0 aliphatic rings. The van der Waals surface area contributed by atoms with Gasteiger partial charge in [0.25, 0.3) is 0 Å². The third-order valence-electron chi connectivity index (χ3n) is 3.37. The van der Waals surface area contributed by atoms with Crippen LogP contribution in [0.4, 0.5) is 0 Å². The predicted molar refractivity (Wildman–Crippen MR) is 76.0 cm³/mol. The molecule has 1 amide bonds. The molecule has 1 aromatic heterocycles. The van der Waals surface area contributed by atoms with Gasteiger partial charge in [-0.3, -0.25) is 9.59 Å². The van der Waals surface area contributed by atoms with Crippen molar-refractivity contribution in [1.29, 1.82) is 0 Å². The van der Waals surface area contributed by atoms with Crippen molar-refractivity contribution in [3.05, 3.63) is 22.4 Å². The minimum atomic E-state index is -0.945. The van der Waals surface area contributed by atoms with Crippen molar-refractivity contribution in [2.24, 2.45) is 17.8 Å². The summed E-state index contributed by atoms with van der Waals surface area (Å²) >= 11 is 1.60. The maximum atomic E-state index is 12.1. The molecule has 1 heterocycles. The highest BCUT2D eigenvalue weighted by molar-refractivity contribution is 7.10. The van der Waals surface area contributed by atoms with Gasteiger partial charge in [-0.1, -0.05) is 33.8 Å². The molecule has 106 valence electrons. The summed E-state index contributed by atoms with van der Waals surface area (Å²) in [6.45, 7) is 7.29. The molecule has 3 unspecified atom stereocenters. The fourth-order valence-corrected chi connectivity index (χ4v) is 2.71. The lowest BCUT2D eigenvalue weighted by Gasteiger charge is -2.24. The number of carbonyl (C=O) groups is 2. The molecule has 0 aromatic carbocycles. The molecule has 2 N–H and O–H groups in total. The minimum absolute atomic E-state index is 0.0593. The van der Waals surface area contributed by atoms with Crippen LogP contribution in [0.25, 0.3) is 0 Å². The number of hydrogen-bond acceptors (Lipinski definition) is 3. The molecular formula is C14H21NO3S. The van der Waals surface area contributed by atoms with Crippen LogP contribution < -0.4 is 5.32 Å². The zero-order valence-corrected chi connectivity index (χ0v) is 12.5. The van der Waals surface area contributed by atoms with E-state index in [4.69, 9.17) is 5.11 Å². The average molecular weight is 283 g/mol. The summed E-state index contributed by atoms with van der Waals surface area (Å²) in [5.74, 6) is -2.12. The normalized spacial score (nSPS) is 15.8. The number of thiophene rings is 1. The van der Waals surface area contributed by atoms with Crippen LogP contribution in [-0.2, 0) is 9.59 Å². The largest absolute Gasteiger partial charge is 0.481 e. The van der Waals surface area contributed by atoms with Gasteiger partial charge in [-0.25, -0.2) is 0 Å². The third-order valence-corrected chi connectivity index (χ3v) is 4.32. The van der Waals surface area contributed by atoms with Crippen LogP contribution >= 0.6 is 11.3 Å². The van der Waals surface area contributed by atoms with E-state index in [0.29, 0.717) is 0 Å². The zero-order valence-electron chi connectivity index (χ0n) is 11.7. The number of nitrogens with one attached hydrogen (secondary N) is 1. The van der Waals surface area contributed by atoms with Crippen molar-refractivity contribution in [3.8, 4) is 0 Å². The van der Waals surface area contributed by atoms with E-state index in [1.807, 2.05) is 31.4 Å². The minimum Gasteiger partial charge on any atom is -0.481 e. The Kier molecular flexibility index (Phi) is 5.54. The summed E-state index contributed by atoms with van der Waals surface area (Å²) < 4.78 is 0. The van der Waals surface area contributed by atoms with Crippen LogP contribution in [0.3, 0.4) is 0 Å². The van der Waals surface area contributed by atoms with Gasteiger partial charge >= 0.3 is 5.97 Å². The Morgan fingerprint density at radius 2 is 1.84 bits per heavy atom. The summed E-state index contributed by atoms with van der Waals surface area (Å²) in [5.41, 5.74) is 0. The van der Waals surface area contributed by atoms with Crippen molar-refractivity contribution in [3.63, 3.8) is 0 Å². The molecule has 5 heteroatoms. The molecule has 0 bridgehead atoms. The molecule has 0 aliphatic carbocycles.